The Balaban J connectivity index is 2.73. The highest BCUT2D eigenvalue weighted by Gasteiger charge is 2.32. The molecule has 0 saturated carbocycles. The van der Waals surface area contributed by atoms with Crippen molar-refractivity contribution < 1.29 is 0 Å². The van der Waals surface area contributed by atoms with Crippen molar-refractivity contribution in [2.75, 3.05) is 0 Å². The third kappa shape index (κ3) is 5.73. The van der Waals surface area contributed by atoms with Crippen molar-refractivity contribution in [1.29, 1.82) is 0 Å². The van der Waals surface area contributed by atoms with Gasteiger partial charge in [0, 0.05) is 23.9 Å². The van der Waals surface area contributed by atoms with Crippen LogP contribution in [-0.2, 0) is 0 Å². The molecule has 0 amide bonds. The van der Waals surface area contributed by atoms with Crippen LogP contribution in [0.2, 0.25) is 10.0 Å². The molecule has 138 valence electrons. The Kier molecular flexibility index (Phi) is 7.26. The quantitative estimate of drug-likeness (QED) is 0.461. The van der Waals surface area contributed by atoms with E-state index in [9.17, 15) is 9.59 Å². The smallest absolute Gasteiger partial charge is 0.244 e. The number of halogens is 8. The number of hydrogen-bond donors (Lipinski definition) is 0. The molecule has 0 unspecified atom stereocenters. The molecule has 25 heavy (non-hydrogen) atoms. The maximum atomic E-state index is 12.7. The highest BCUT2D eigenvalue weighted by atomic mass is 35.6. The van der Waals surface area contributed by atoms with Gasteiger partial charge in [-0.25, -0.2) is 14.2 Å². The van der Waals surface area contributed by atoms with E-state index in [1.54, 1.807) is 0 Å². The Morgan fingerprint density at radius 1 is 0.760 bits per heavy atom. The molecule has 0 aliphatic carbocycles. The van der Waals surface area contributed by atoms with E-state index >= 15 is 0 Å². The lowest BCUT2D eigenvalue weighted by molar-refractivity contribution is 0.888. The molecule has 1 heterocycles. The SMILES string of the molecule is O=c1n(-c2ccc(Cl)c(Cl)c2)c(=O)n(SC(Cl)(Cl)Cl)n1SC(Cl)(Cl)Cl. The fourth-order valence-corrected chi connectivity index (χ4v) is 4.27. The predicted molar refractivity (Wildman–Crippen MR) is 111 cm³/mol. The predicted octanol–water partition coefficient (Wildman–Crippen LogP) is 5.76. The van der Waals surface area contributed by atoms with Crippen LogP contribution in [0.5, 0.6) is 0 Å². The van der Waals surface area contributed by atoms with Crippen LogP contribution in [0.4, 0.5) is 0 Å². The minimum absolute atomic E-state index is 0.131. The first-order chi connectivity index (χ1) is 11.3. The van der Waals surface area contributed by atoms with E-state index in [0.29, 0.717) is 23.9 Å². The Hall–Kier alpha value is 0.980. The maximum absolute atomic E-state index is 12.7. The Bertz CT molecular complexity index is 863. The third-order valence-corrected chi connectivity index (χ3v) is 5.90. The summed E-state index contributed by atoms with van der Waals surface area (Å²) in [5, 5.41) is 0.373. The van der Waals surface area contributed by atoms with E-state index in [1.807, 2.05) is 0 Å². The van der Waals surface area contributed by atoms with E-state index in [2.05, 4.69) is 0 Å². The Morgan fingerprint density at radius 3 is 1.56 bits per heavy atom. The lowest BCUT2D eigenvalue weighted by atomic mass is 10.3. The number of nitrogens with zero attached hydrogens (tertiary/aromatic N) is 3. The van der Waals surface area contributed by atoms with Crippen molar-refractivity contribution in [3.63, 3.8) is 0 Å². The monoisotopic (exact) mass is 541 g/mol. The van der Waals surface area contributed by atoms with E-state index in [4.69, 9.17) is 92.8 Å². The van der Waals surface area contributed by atoms with E-state index < -0.39 is 17.6 Å². The molecule has 0 saturated heterocycles. The number of alkyl halides is 6. The molecular formula is C10H3Cl8N3O2S2. The van der Waals surface area contributed by atoms with Crippen LogP contribution in [-0.4, -0.2) is 19.0 Å². The zero-order valence-corrected chi connectivity index (χ0v) is 18.9. The molecule has 0 radical (unpaired) electrons. The van der Waals surface area contributed by atoms with Crippen molar-refractivity contribution in [3.05, 3.63) is 49.2 Å². The topological polar surface area (TPSA) is 48.9 Å². The molecule has 0 spiro atoms. The third-order valence-electron chi connectivity index (χ3n) is 2.42. The van der Waals surface area contributed by atoms with Gasteiger partial charge in [-0.1, -0.05) is 92.8 Å². The lowest BCUT2D eigenvalue weighted by Gasteiger charge is -2.14. The first-order valence-corrected chi connectivity index (χ1v) is 10.3. The van der Waals surface area contributed by atoms with Crippen molar-refractivity contribution >= 4 is 117 Å². The van der Waals surface area contributed by atoms with Crippen molar-refractivity contribution in [1.82, 2.24) is 12.7 Å². The molecule has 2 aromatic rings. The standard InChI is InChI=1S/C10H3Cl8N3O2S2/c11-5-2-1-4(3-6(5)12)19-7(22)20(24-9(13,14)15)21(8(19)23)25-10(16,17)18/h1-3H. The summed E-state index contributed by atoms with van der Waals surface area (Å²) in [6.07, 6.45) is 0. The van der Waals surface area contributed by atoms with Gasteiger partial charge in [-0.3, -0.25) is 0 Å². The molecule has 0 bridgehead atoms. The van der Waals surface area contributed by atoms with Gasteiger partial charge >= 0.3 is 11.4 Å². The van der Waals surface area contributed by atoms with Crippen LogP contribution >= 0.6 is 117 Å². The number of hydrogen-bond acceptors (Lipinski definition) is 4. The van der Waals surface area contributed by atoms with Crippen LogP contribution in [0.1, 0.15) is 0 Å². The fourth-order valence-electron chi connectivity index (χ4n) is 1.60. The first-order valence-electron chi connectivity index (χ1n) is 5.75. The molecule has 0 N–H and O–H groups in total. The Labute approximate surface area is 189 Å². The largest absolute Gasteiger partial charge is 0.363 e. The molecule has 0 aliphatic rings. The minimum atomic E-state index is -1.96. The average Bonchev–Trinajstić information content (AvgIpc) is 2.63. The summed E-state index contributed by atoms with van der Waals surface area (Å²) in [6, 6.07) is 4.14. The van der Waals surface area contributed by atoms with Crippen LogP contribution in [0.25, 0.3) is 5.69 Å². The maximum Gasteiger partial charge on any atom is 0.363 e. The van der Waals surface area contributed by atoms with Gasteiger partial charge in [0.25, 0.3) is 6.25 Å². The average molecular weight is 545 g/mol. The molecule has 2 rings (SSSR count). The first kappa shape index (κ1) is 22.3. The second-order valence-corrected chi connectivity index (χ2v) is 13.1. The molecular weight excluding hydrogens is 542 g/mol. The van der Waals surface area contributed by atoms with Gasteiger partial charge in [0.05, 0.1) is 15.7 Å². The van der Waals surface area contributed by atoms with E-state index in [1.165, 1.54) is 18.2 Å². The van der Waals surface area contributed by atoms with Crippen LogP contribution in [0.3, 0.4) is 0 Å². The van der Waals surface area contributed by atoms with Crippen molar-refractivity contribution in [2.24, 2.45) is 0 Å². The summed E-state index contributed by atoms with van der Waals surface area (Å²) < 4.78 is -1.66. The van der Waals surface area contributed by atoms with E-state index in [-0.39, 0.29) is 15.7 Å². The normalized spacial score (nSPS) is 12.6. The summed E-state index contributed by atoms with van der Waals surface area (Å²) >= 11 is 46.8. The summed E-state index contributed by atoms with van der Waals surface area (Å²) in [5.74, 6) is 0. The van der Waals surface area contributed by atoms with Crippen molar-refractivity contribution in [3.8, 4) is 5.69 Å². The van der Waals surface area contributed by atoms with Gasteiger partial charge in [0.15, 0.2) is 0 Å². The van der Waals surface area contributed by atoms with Gasteiger partial charge in [-0.15, -0.1) is 0 Å². The molecule has 0 atom stereocenters. The highest BCUT2D eigenvalue weighted by molar-refractivity contribution is 8.05. The number of rotatable bonds is 3. The fraction of sp³-hybridized carbons (Fsp3) is 0.200. The summed E-state index contributed by atoms with van der Waals surface area (Å²) in [7, 11) is 0. The second kappa shape index (κ2) is 8.15. The van der Waals surface area contributed by atoms with Crippen molar-refractivity contribution in [2.45, 2.75) is 6.25 Å². The van der Waals surface area contributed by atoms with Gasteiger partial charge in [-0.05, 0) is 18.2 Å². The van der Waals surface area contributed by atoms with Gasteiger partial charge in [0.1, 0.15) is 0 Å². The second-order valence-electron chi connectivity index (χ2n) is 4.12. The molecule has 5 nitrogen and oxygen atoms in total. The van der Waals surface area contributed by atoms with Gasteiger partial charge < -0.3 is 0 Å². The summed E-state index contributed by atoms with van der Waals surface area (Å²) in [4.78, 5) is 25.3. The van der Waals surface area contributed by atoms with E-state index in [0.717, 1.165) is 12.7 Å². The lowest BCUT2D eigenvalue weighted by Crippen LogP contribution is -2.26. The summed E-state index contributed by atoms with van der Waals surface area (Å²) in [5.41, 5.74) is -1.59. The summed E-state index contributed by atoms with van der Waals surface area (Å²) in [6.45, 7) is 0. The Morgan fingerprint density at radius 2 is 1.20 bits per heavy atom. The van der Waals surface area contributed by atoms with Gasteiger partial charge in [-0.2, -0.15) is 8.17 Å². The molecule has 1 aromatic carbocycles. The van der Waals surface area contributed by atoms with Crippen LogP contribution < -0.4 is 11.4 Å². The zero-order chi connectivity index (χ0) is 19.2. The number of aromatic nitrogens is 3. The zero-order valence-electron chi connectivity index (χ0n) is 11.2. The minimum Gasteiger partial charge on any atom is -0.244 e. The van der Waals surface area contributed by atoms with Crippen LogP contribution in [0.15, 0.2) is 27.8 Å². The molecule has 0 aliphatic heterocycles. The molecule has 0 fully saturated rings. The molecule has 15 heteroatoms. The van der Waals surface area contributed by atoms with Gasteiger partial charge in [0.2, 0.25) is 0 Å². The number of benzene rings is 1. The highest BCUT2D eigenvalue weighted by Crippen LogP contribution is 2.42. The molecule has 1 aromatic heterocycles. The van der Waals surface area contributed by atoms with Crippen LogP contribution in [0, 0.1) is 0 Å².